The molecular weight excluding hydrogens is 472 g/mol. The van der Waals surface area contributed by atoms with Crippen molar-refractivity contribution in [2.75, 3.05) is 0 Å². The Kier molecular flexibility index (Phi) is 7.61. The van der Waals surface area contributed by atoms with Gasteiger partial charge in [0.25, 0.3) is 0 Å². The van der Waals surface area contributed by atoms with Crippen molar-refractivity contribution in [1.29, 1.82) is 0 Å². The fraction of sp³-hybridized carbons (Fsp3) is 0.471. The van der Waals surface area contributed by atoms with E-state index in [-0.39, 0.29) is 17.4 Å². The van der Waals surface area contributed by atoms with E-state index in [2.05, 4.69) is 12.1 Å². The van der Waals surface area contributed by atoms with Crippen LogP contribution in [0.25, 0.3) is 0 Å². The van der Waals surface area contributed by atoms with Crippen LogP contribution in [-0.2, 0) is 0 Å². The summed E-state index contributed by atoms with van der Waals surface area (Å²) >= 11 is 0. The molecule has 0 aliphatic heterocycles. The van der Waals surface area contributed by atoms with Gasteiger partial charge in [-0.15, -0.1) is 0 Å². The minimum atomic E-state index is -0.217. The summed E-state index contributed by atoms with van der Waals surface area (Å²) < 4.78 is 0. The van der Waals surface area contributed by atoms with E-state index in [4.69, 9.17) is 0 Å². The molecule has 0 amide bonds. The summed E-state index contributed by atoms with van der Waals surface area (Å²) in [5.41, 5.74) is 7.71. The van der Waals surface area contributed by atoms with Crippen molar-refractivity contribution in [3.05, 3.63) is 80.9 Å². The van der Waals surface area contributed by atoms with Gasteiger partial charge in [-0.05, 0) is 121 Å². The summed E-state index contributed by atoms with van der Waals surface area (Å²) in [7, 11) is 0. The van der Waals surface area contributed by atoms with Crippen molar-refractivity contribution in [3.8, 4) is 23.0 Å². The number of hydrogen-bond acceptors (Lipinski definition) is 4. The van der Waals surface area contributed by atoms with E-state index in [1.54, 1.807) is 6.07 Å². The highest BCUT2D eigenvalue weighted by Crippen LogP contribution is 2.47. The second-order valence-electron chi connectivity index (χ2n) is 11.8. The van der Waals surface area contributed by atoms with Crippen LogP contribution in [0.2, 0.25) is 0 Å². The fourth-order valence-corrected chi connectivity index (χ4v) is 7.04. The monoisotopic (exact) mass is 514 g/mol. The summed E-state index contributed by atoms with van der Waals surface area (Å²) in [6, 6.07) is 11.8. The molecule has 2 aliphatic carbocycles. The molecule has 3 aromatic rings. The Labute approximate surface area is 227 Å². The molecule has 0 spiro atoms. The van der Waals surface area contributed by atoms with Crippen molar-refractivity contribution in [2.24, 2.45) is 0 Å². The quantitative estimate of drug-likeness (QED) is 0.203. The Balaban J connectivity index is 1.72. The first kappa shape index (κ1) is 26.5. The van der Waals surface area contributed by atoms with Gasteiger partial charge in [0.15, 0.2) is 11.5 Å². The van der Waals surface area contributed by atoms with E-state index in [0.29, 0.717) is 28.9 Å². The summed E-state index contributed by atoms with van der Waals surface area (Å²) in [4.78, 5) is 0. The van der Waals surface area contributed by atoms with Gasteiger partial charge < -0.3 is 20.4 Å². The van der Waals surface area contributed by atoms with Gasteiger partial charge in [0.1, 0.15) is 11.5 Å². The lowest BCUT2D eigenvalue weighted by Crippen LogP contribution is -2.12. The van der Waals surface area contributed by atoms with E-state index < -0.39 is 0 Å². The van der Waals surface area contributed by atoms with Crippen LogP contribution in [-0.4, -0.2) is 20.4 Å². The molecule has 202 valence electrons. The Morgan fingerprint density at radius 1 is 0.526 bits per heavy atom. The molecule has 4 N–H and O–H groups in total. The summed E-state index contributed by atoms with van der Waals surface area (Å²) in [6.45, 7) is 5.89. The minimum Gasteiger partial charge on any atom is -0.508 e. The number of rotatable bonds is 5. The Bertz CT molecular complexity index is 1220. The van der Waals surface area contributed by atoms with Crippen LogP contribution in [0.1, 0.15) is 126 Å². The smallest absolute Gasteiger partial charge is 0.160 e. The molecule has 2 aliphatic rings. The highest BCUT2D eigenvalue weighted by atomic mass is 16.3. The molecule has 2 saturated carbocycles. The van der Waals surface area contributed by atoms with Crippen LogP contribution in [0.3, 0.4) is 0 Å². The summed E-state index contributed by atoms with van der Waals surface area (Å²) in [6.07, 6.45) is 11.6. The van der Waals surface area contributed by atoms with Gasteiger partial charge in [0.05, 0.1) is 0 Å². The topological polar surface area (TPSA) is 80.9 Å². The Morgan fingerprint density at radius 3 is 1.39 bits per heavy atom. The molecule has 0 bridgehead atoms. The van der Waals surface area contributed by atoms with E-state index in [0.717, 1.165) is 64.6 Å². The van der Waals surface area contributed by atoms with Crippen LogP contribution >= 0.6 is 0 Å². The average molecular weight is 515 g/mol. The highest BCUT2D eigenvalue weighted by molar-refractivity contribution is 5.58. The molecular formula is C34H42O4. The Hall–Kier alpha value is -3.14. The van der Waals surface area contributed by atoms with Gasteiger partial charge in [0, 0.05) is 5.92 Å². The van der Waals surface area contributed by atoms with Gasteiger partial charge in [-0.2, -0.15) is 0 Å². The van der Waals surface area contributed by atoms with Crippen molar-refractivity contribution < 1.29 is 20.4 Å². The molecule has 4 heteroatoms. The first-order valence-corrected chi connectivity index (χ1v) is 14.4. The van der Waals surface area contributed by atoms with Crippen LogP contribution in [0.4, 0.5) is 0 Å². The van der Waals surface area contributed by atoms with Crippen molar-refractivity contribution >= 4 is 0 Å². The Morgan fingerprint density at radius 2 is 0.974 bits per heavy atom. The average Bonchev–Trinajstić information content (AvgIpc) is 2.90. The van der Waals surface area contributed by atoms with Gasteiger partial charge >= 0.3 is 0 Å². The van der Waals surface area contributed by atoms with Crippen LogP contribution in [0.15, 0.2) is 36.4 Å². The number of aromatic hydroxyl groups is 4. The maximum Gasteiger partial charge on any atom is 0.160 e. The first-order valence-electron chi connectivity index (χ1n) is 14.4. The maximum atomic E-state index is 11.0. The lowest BCUT2D eigenvalue weighted by atomic mass is 9.75. The van der Waals surface area contributed by atoms with E-state index in [1.165, 1.54) is 38.5 Å². The maximum absolute atomic E-state index is 11.0. The molecule has 5 rings (SSSR count). The van der Waals surface area contributed by atoms with Gasteiger partial charge in [0.2, 0.25) is 0 Å². The SMILES string of the molecule is Cc1cc(O)c(C2CCCCC2)cc1C(c1cc(C)c(O)c(O)c1)c1cc(C2CCCCC2)c(O)cc1C. The largest absolute Gasteiger partial charge is 0.508 e. The molecule has 0 radical (unpaired) electrons. The number of phenols is 4. The lowest BCUT2D eigenvalue weighted by molar-refractivity contribution is 0.400. The van der Waals surface area contributed by atoms with Crippen molar-refractivity contribution in [2.45, 2.75) is 103 Å². The number of benzene rings is 3. The molecule has 4 nitrogen and oxygen atoms in total. The third kappa shape index (κ3) is 5.10. The highest BCUT2D eigenvalue weighted by Gasteiger charge is 2.28. The minimum absolute atomic E-state index is 0.0943. The van der Waals surface area contributed by atoms with Crippen LogP contribution < -0.4 is 0 Å². The predicted octanol–water partition coefficient (Wildman–Crippen LogP) is 8.71. The second kappa shape index (κ2) is 10.9. The zero-order chi connectivity index (χ0) is 27.0. The van der Waals surface area contributed by atoms with Crippen molar-refractivity contribution in [3.63, 3.8) is 0 Å². The molecule has 0 unspecified atom stereocenters. The van der Waals surface area contributed by atoms with E-state index >= 15 is 0 Å². The number of aryl methyl sites for hydroxylation is 3. The lowest BCUT2D eigenvalue weighted by Gasteiger charge is -2.29. The normalized spacial score (nSPS) is 17.3. The zero-order valence-corrected chi connectivity index (χ0v) is 23.1. The van der Waals surface area contributed by atoms with Crippen molar-refractivity contribution in [1.82, 2.24) is 0 Å². The molecule has 0 atom stereocenters. The standard InChI is InChI=1S/C34H42O4/c1-20-15-30(35)28(23-10-6-4-7-11-23)18-26(20)33(25-14-22(3)34(38)32(37)17-25)27-19-29(31(36)16-21(27)2)24-12-8-5-9-13-24/h14-19,23-24,33,35-38H,4-13H2,1-3H3. The zero-order valence-electron chi connectivity index (χ0n) is 23.1. The van der Waals surface area contributed by atoms with Crippen LogP contribution in [0.5, 0.6) is 23.0 Å². The fourth-order valence-electron chi connectivity index (χ4n) is 7.04. The molecule has 38 heavy (non-hydrogen) atoms. The second-order valence-corrected chi connectivity index (χ2v) is 11.8. The first-order chi connectivity index (χ1) is 18.2. The van der Waals surface area contributed by atoms with Gasteiger partial charge in [-0.1, -0.05) is 56.7 Å². The van der Waals surface area contributed by atoms with Crippen LogP contribution in [0, 0.1) is 20.8 Å². The van der Waals surface area contributed by atoms with Gasteiger partial charge in [-0.3, -0.25) is 0 Å². The predicted molar refractivity (Wildman–Crippen MR) is 153 cm³/mol. The summed E-state index contributed by atoms with van der Waals surface area (Å²) in [5.74, 6) is 0.987. The molecule has 3 aromatic carbocycles. The molecule has 0 heterocycles. The van der Waals surface area contributed by atoms with E-state index in [1.807, 2.05) is 39.0 Å². The number of phenolic OH excluding ortho intramolecular Hbond substituents is 4. The van der Waals surface area contributed by atoms with E-state index in [9.17, 15) is 20.4 Å². The number of hydrogen-bond donors (Lipinski definition) is 4. The van der Waals surface area contributed by atoms with Gasteiger partial charge in [-0.25, -0.2) is 0 Å². The third-order valence-corrected chi connectivity index (χ3v) is 9.18. The molecule has 2 fully saturated rings. The summed E-state index contributed by atoms with van der Waals surface area (Å²) in [5, 5.41) is 43.0. The third-order valence-electron chi connectivity index (χ3n) is 9.18. The molecule has 0 aromatic heterocycles. The molecule has 0 saturated heterocycles.